The van der Waals surface area contributed by atoms with Gasteiger partial charge in [-0.15, -0.1) is 5.11 Å². The van der Waals surface area contributed by atoms with E-state index in [1.54, 1.807) is 0 Å². The molecule has 2 amide bonds. The van der Waals surface area contributed by atoms with Gasteiger partial charge in [0.05, 0.1) is 13.2 Å². The summed E-state index contributed by atoms with van der Waals surface area (Å²) in [5.74, 6) is 1.08. The Morgan fingerprint density at radius 1 is 0.962 bits per heavy atom. The van der Waals surface area contributed by atoms with Gasteiger partial charge in [0, 0.05) is 60.9 Å². The highest BCUT2D eigenvalue weighted by Crippen LogP contribution is 2.32. The van der Waals surface area contributed by atoms with E-state index >= 15 is 0 Å². The van der Waals surface area contributed by atoms with E-state index in [0.29, 0.717) is 50.3 Å². The van der Waals surface area contributed by atoms with E-state index in [2.05, 4.69) is 55.9 Å². The number of pyridine rings is 1. The van der Waals surface area contributed by atoms with Crippen LogP contribution in [0.2, 0.25) is 0 Å². The molecule has 0 unspecified atom stereocenters. The molecule has 12 nitrogen and oxygen atoms in total. The number of aliphatic imine (C=N–C) groups is 1. The van der Waals surface area contributed by atoms with Gasteiger partial charge in [0.2, 0.25) is 5.91 Å². The Morgan fingerprint density at radius 2 is 1.66 bits per heavy atom. The number of hydrogen-bond donors (Lipinski definition) is 2. The van der Waals surface area contributed by atoms with Gasteiger partial charge in [-0.05, 0) is 113 Å². The smallest absolute Gasteiger partial charge is 0.407 e. The molecular formula is C41H51N7O5. The zero-order valence-corrected chi connectivity index (χ0v) is 31.3. The number of ketones is 1. The second-order valence-electron chi connectivity index (χ2n) is 15.3. The number of aromatic nitrogens is 1. The van der Waals surface area contributed by atoms with Crippen molar-refractivity contribution in [2.45, 2.75) is 71.8 Å². The van der Waals surface area contributed by atoms with Crippen LogP contribution >= 0.6 is 0 Å². The molecular weight excluding hydrogens is 670 g/mol. The number of carbonyl (C=O) groups excluding carboxylic acids is 3. The van der Waals surface area contributed by atoms with E-state index in [1.807, 2.05) is 63.4 Å². The molecule has 1 saturated carbocycles. The average Bonchev–Trinajstić information content (AvgIpc) is 3.70. The quantitative estimate of drug-likeness (QED) is 0.202. The lowest BCUT2D eigenvalue weighted by atomic mass is 9.77. The third-order valence-corrected chi connectivity index (χ3v) is 10.1. The van der Waals surface area contributed by atoms with Gasteiger partial charge < -0.3 is 25.0 Å². The lowest BCUT2D eigenvalue weighted by Crippen LogP contribution is -2.37. The van der Waals surface area contributed by atoms with E-state index in [1.165, 1.54) is 0 Å². The number of alkyl carbamates (subject to hydrolysis) is 1. The molecule has 3 aliphatic rings. The van der Waals surface area contributed by atoms with Crippen LogP contribution in [0.15, 0.2) is 76.0 Å². The van der Waals surface area contributed by atoms with Gasteiger partial charge in [-0.25, -0.2) is 14.8 Å². The van der Waals surface area contributed by atoms with Crippen LogP contribution in [0, 0.1) is 24.7 Å². The predicted octanol–water partition coefficient (Wildman–Crippen LogP) is 7.15. The van der Waals surface area contributed by atoms with E-state index < -0.39 is 17.6 Å². The van der Waals surface area contributed by atoms with Crippen molar-refractivity contribution in [3.8, 4) is 11.1 Å². The Labute approximate surface area is 311 Å². The van der Waals surface area contributed by atoms with Crippen molar-refractivity contribution in [3.63, 3.8) is 0 Å². The van der Waals surface area contributed by atoms with Crippen molar-refractivity contribution in [2.24, 2.45) is 33.0 Å². The number of amidine groups is 1. The zero-order valence-electron chi connectivity index (χ0n) is 31.3. The van der Waals surface area contributed by atoms with Crippen LogP contribution in [0.1, 0.15) is 69.6 Å². The van der Waals surface area contributed by atoms with Crippen LogP contribution in [0.5, 0.6) is 0 Å². The first-order chi connectivity index (χ1) is 25.5. The summed E-state index contributed by atoms with van der Waals surface area (Å²) >= 11 is 0. The normalized spacial score (nSPS) is 19.3. The number of nitrogens with one attached hydrogen (secondary N) is 2. The van der Waals surface area contributed by atoms with Gasteiger partial charge in [0.1, 0.15) is 17.2 Å². The van der Waals surface area contributed by atoms with E-state index in [4.69, 9.17) is 14.5 Å². The van der Waals surface area contributed by atoms with Gasteiger partial charge in [-0.1, -0.05) is 24.3 Å². The van der Waals surface area contributed by atoms with E-state index in [-0.39, 0.29) is 24.0 Å². The number of morpholine rings is 1. The number of amides is 2. The number of benzene rings is 2. The van der Waals surface area contributed by atoms with Gasteiger partial charge >= 0.3 is 6.09 Å². The Hall–Kier alpha value is -4.97. The molecule has 0 radical (unpaired) electrons. The highest BCUT2D eigenvalue weighted by molar-refractivity contribution is 6.01. The first-order valence-corrected chi connectivity index (χ1v) is 18.7. The summed E-state index contributed by atoms with van der Waals surface area (Å²) < 4.78 is 10.9. The molecule has 0 bridgehead atoms. The fraction of sp³-hybridized carbons (Fsp3) is 0.488. The third-order valence-electron chi connectivity index (χ3n) is 10.1. The molecule has 280 valence electrons. The highest BCUT2D eigenvalue weighted by Gasteiger charge is 2.31. The van der Waals surface area contributed by atoms with Crippen LogP contribution in [-0.2, 0) is 25.5 Å². The number of hydrogen-bond acceptors (Lipinski definition) is 10. The molecule has 53 heavy (non-hydrogen) atoms. The number of anilines is 2. The van der Waals surface area contributed by atoms with E-state index in [0.717, 1.165) is 72.4 Å². The van der Waals surface area contributed by atoms with Gasteiger partial charge in [-0.3, -0.25) is 9.59 Å². The number of nitrogens with zero attached hydrogens (tertiary/aromatic N) is 5. The summed E-state index contributed by atoms with van der Waals surface area (Å²) in [5, 5.41) is 13.9. The topological polar surface area (TPSA) is 147 Å². The van der Waals surface area contributed by atoms with Gasteiger partial charge in [0.15, 0.2) is 12.5 Å². The molecule has 1 atom stereocenters. The molecule has 2 N–H and O–H groups in total. The van der Waals surface area contributed by atoms with Crippen molar-refractivity contribution in [1.82, 2.24) is 10.3 Å². The van der Waals surface area contributed by atoms with Gasteiger partial charge in [-0.2, -0.15) is 5.11 Å². The molecule has 12 heteroatoms. The summed E-state index contributed by atoms with van der Waals surface area (Å²) in [6.45, 7) is 11.6. The van der Waals surface area contributed by atoms with Crippen LogP contribution in [0.25, 0.3) is 11.1 Å². The Morgan fingerprint density at radius 3 is 2.30 bits per heavy atom. The number of carbonyl (C=O) groups is 3. The van der Waals surface area contributed by atoms with Gasteiger partial charge in [0.25, 0.3) is 0 Å². The summed E-state index contributed by atoms with van der Waals surface area (Å²) in [6, 6.07) is 17.7. The highest BCUT2D eigenvalue weighted by atomic mass is 16.6. The number of Topliss-reactive ketones (excluding diaryl/α,β-unsaturated/α-hetero) is 1. The summed E-state index contributed by atoms with van der Waals surface area (Å²) in [6.07, 6.45) is 5.24. The Balaban J connectivity index is 1.11. The minimum Gasteiger partial charge on any atom is -0.444 e. The Bertz CT molecular complexity index is 1800. The third kappa shape index (κ3) is 10.6. The van der Waals surface area contributed by atoms with Crippen molar-refractivity contribution in [3.05, 3.63) is 77.5 Å². The largest absolute Gasteiger partial charge is 0.444 e. The molecule has 1 aromatic heterocycles. The number of ether oxygens (including phenoxy) is 2. The lowest BCUT2D eigenvalue weighted by Gasteiger charge is -2.29. The standard InChI is InChI=1S/C41H51N7O5/c1-27-21-37(48-17-19-52-20-18-48)42-25-35(27)30-9-5-28(6-10-30)22-33(39(50)46-34-15-13-32(14-16-34)38-44-26-45-47-38)23-36(49)31-11-7-29(8-12-31)24-43-40(51)53-41(2,3)4/h5-6,9-10,13-16,21,25,29,31,33H,7-8,11-12,17-20,22-24,26H2,1-4H3,(H,43,51)(H,46,50)/t29?,31?,33-/m1/s1. The molecule has 1 aliphatic carbocycles. The van der Waals surface area contributed by atoms with Crippen LogP contribution in [-0.4, -0.2) is 73.7 Å². The minimum atomic E-state index is -0.552. The SMILES string of the molecule is Cc1cc(N2CCOCC2)ncc1-c1ccc(C[C@H](CC(=O)C2CCC(CNC(=O)OC(C)(C)C)CC2)C(=O)Nc2ccc(C3=NCN=N3)cc2)cc1. The molecule has 3 aromatic rings. The first kappa shape index (κ1) is 37.8. The van der Waals surface area contributed by atoms with Crippen LogP contribution < -0.4 is 15.5 Å². The molecule has 0 spiro atoms. The second kappa shape index (κ2) is 17.2. The molecule has 2 aromatic carbocycles. The number of azo groups is 1. The summed E-state index contributed by atoms with van der Waals surface area (Å²) in [5.41, 5.74) is 5.15. The van der Waals surface area contributed by atoms with Crippen molar-refractivity contribution < 1.29 is 23.9 Å². The molecule has 1 saturated heterocycles. The summed E-state index contributed by atoms with van der Waals surface area (Å²) in [4.78, 5) is 51.1. The maximum absolute atomic E-state index is 13.9. The first-order valence-electron chi connectivity index (χ1n) is 18.7. The fourth-order valence-corrected chi connectivity index (χ4v) is 7.14. The minimum absolute atomic E-state index is 0.109. The van der Waals surface area contributed by atoms with Crippen LogP contribution in [0.4, 0.5) is 16.3 Å². The Kier molecular flexibility index (Phi) is 12.3. The zero-order chi connectivity index (χ0) is 37.4. The molecule has 2 fully saturated rings. The second-order valence-corrected chi connectivity index (χ2v) is 15.3. The average molecular weight is 722 g/mol. The van der Waals surface area contributed by atoms with Crippen LogP contribution in [0.3, 0.4) is 0 Å². The maximum Gasteiger partial charge on any atom is 0.407 e. The number of rotatable bonds is 12. The van der Waals surface area contributed by atoms with Crippen molar-refractivity contribution in [2.75, 3.05) is 49.7 Å². The maximum atomic E-state index is 13.9. The molecule has 6 rings (SSSR count). The lowest BCUT2D eigenvalue weighted by molar-refractivity contribution is -0.129. The molecule has 3 heterocycles. The summed E-state index contributed by atoms with van der Waals surface area (Å²) in [7, 11) is 0. The monoisotopic (exact) mass is 721 g/mol. The molecule has 2 aliphatic heterocycles. The predicted molar refractivity (Wildman–Crippen MR) is 205 cm³/mol. The fourth-order valence-electron chi connectivity index (χ4n) is 7.14. The van der Waals surface area contributed by atoms with E-state index in [9.17, 15) is 14.4 Å². The number of aryl methyl sites for hydroxylation is 1. The van der Waals surface area contributed by atoms with Crippen molar-refractivity contribution in [1.29, 1.82) is 0 Å². The van der Waals surface area contributed by atoms with Crippen molar-refractivity contribution >= 4 is 35.1 Å².